The second kappa shape index (κ2) is 8.06. The maximum absolute atomic E-state index is 10.6. The summed E-state index contributed by atoms with van der Waals surface area (Å²) in [5.74, 6) is -0.321. The Kier molecular flexibility index (Phi) is 6.25. The number of hydrogen-bond donors (Lipinski definition) is 1. The highest BCUT2D eigenvalue weighted by Gasteiger charge is 2.08. The topological polar surface area (TPSA) is 63.3 Å². The number of aliphatic carboxylic acids is 1. The third-order valence-corrected chi connectivity index (χ3v) is 2.37. The third-order valence-electron chi connectivity index (χ3n) is 2.37. The highest BCUT2D eigenvalue weighted by Crippen LogP contribution is 2.05. The van der Waals surface area contributed by atoms with Crippen molar-refractivity contribution < 1.29 is 14.3 Å². The molecule has 1 rings (SSSR count). The predicted octanol–water partition coefficient (Wildman–Crippen LogP) is 3.30. The lowest BCUT2D eigenvalue weighted by Crippen LogP contribution is -2.08. The van der Waals surface area contributed by atoms with Crippen molar-refractivity contribution in [1.29, 1.82) is 0 Å². The van der Waals surface area contributed by atoms with Crippen LogP contribution in [0.15, 0.2) is 47.4 Å². The molecule has 0 fully saturated rings. The molecular formula is C14H17NO3. The molecule has 1 atom stereocenters. The Hall–Kier alpha value is -2.10. The van der Waals surface area contributed by atoms with E-state index in [2.05, 4.69) is 4.98 Å². The van der Waals surface area contributed by atoms with E-state index >= 15 is 0 Å². The summed E-state index contributed by atoms with van der Waals surface area (Å²) in [5.41, 5.74) is 0. The van der Waals surface area contributed by atoms with Crippen LogP contribution in [0.2, 0.25) is 0 Å². The van der Waals surface area contributed by atoms with E-state index in [0.717, 1.165) is 6.42 Å². The van der Waals surface area contributed by atoms with E-state index in [1.54, 1.807) is 13.1 Å². The number of nitrogens with zero attached hydrogens (tertiary/aromatic N) is 1. The highest BCUT2D eigenvalue weighted by molar-refractivity contribution is 5.69. The fraction of sp³-hybridized carbons (Fsp3) is 0.286. The molecule has 1 aromatic rings. The standard InChI is InChI=1S/C14H17NO3/c1-12(14(16)17)8-6-4-2-3-5-7-9-13-10-15-11-18-13/h2-5,7,9-12H,6,8H2,1H3,(H,16,17)/b4-2+,5-3+,9-7+. The minimum absolute atomic E-state index is 0.287. The van der Waals surface area contributed by atoms with E-state index in [9.17, 15) is 4.79 Å². The number of oxazole rings is 1. The van der Waals surface area contributed by atoms with Gasteiger partial charge in [-0.25, -0.2) is 4.98 Å². The highest BCUT2D eigenvalue weighted by atomic mass is 16.4. The van der Waals surface area contributed by atoms with Crippen LogP contribution in [-0.2, 0) is 4.79 Å². The summed E-state index contributed by atoms with van der Waals surface area (Å²) in [6.45, 7) is 1.71. The lowest BCUT2D eigenvalue weighted by molar-refractivity contribution is -0.141. The largest absolute Gasteiger partial charge is 0.481 e. The van der Waals surface area contributed by atoms with Gasteiger partial charge in [0.1, 0.15) is 5.76 Å². The number of carbonyl (C=O) groups is 1. The molecule has 1 heterocycles. The molecule has 0 aliphatic rings. The quantitative estimate of drug-likeness (QED) is 0.751. The van der Waals surface area contributed by atoms with Gasteiger partial charge in [0, 0.05) is 0 Å². The van der Waals surface area contributed by atoms with Gasteiger partial charge in [0.25, 0.3) is 0 Å². The van der Waals surface area contributed by atoms with Crippen molar-refractivity contribution >= 4 is 12.0 Å². The van der Waals surface area contributed by atoms with Gasteiger partial charge in [0.2, 0.25) is 0 Å². The summed E-state index contributed by atoms with van der Waals surface area (Å²) in [4.78, 5) is 14.3. The van der Waals surface area contributed by atoms with Gasteiger partial charge in [-0.05, 0) is 18.9 Å². The van der Waals surface area contributed by atoms with Gasteiger partial charge in [-0.3, -0.25) is 4.79 Å². The Morgan fingerprint density at radius 3 is 2.89 bits per heavy atom. The molecule has 0 spiro atoms. The zero-order chi connectivity index (χ0) is 13.2. The number of rotatable bonds is 7. The number of allylic oxidation sites excluding steroid dienone is 5. The Morgan fingerprint density at radius 1 is 1.44 bits per heavy atom. The molecule has 4 nitrogen and oxygen atoms in total. The Morgan fingerprint density at radius 2 is 2.22 bits per heavy atom. The number of aromatic nitrogens is 1. The Balaban J connectivity index is 2.18. The van der Waals surface area contributed by atoms with E-state index < -0.39 is 5.97 Å². The molecule has 0 aliphatic heterocycles. The van der Waals surface area contributed by atoms with E-state index in [0.29, 0.717) is 12.2 Å². The normalized spacial score (nSPS) is 13.8. The number of carboxylic acids is 1. The van der Waals surface area contributed by atoms with Gasteiger partial charge in [-0.1, -0.05) is 37.3 Å². The minimum Gasteiger partial charge on any atom is -0.481 e. The zero-order valence-corrected chi connectivity index (χ0v) is 10.3. The molecule has 1 aromatic heterocycles. The molecule has 0 saturated carbocycles. The lowest BCUT2D eigenvalue weighted by Gasteiger charge is -2.01. The first kappa shape index (κ1) is 14.0. The van der Waals surface area contributed by atoms with Crippen LogP contribution in [0, 0.1) is 5.92 Å². The van der Waals surface area contributed by atoms with E-state index in [4.69, 9.17) is 9.52 Å². The molecule has 0 bridgehead atoms. The molecular weight excluding hydrogens is 230 g/mol. The first-order valence-corrected chi connectivity index (χ1v) is 5.81. The van der Waals surface area contributed by atoms with Crippen LogP contribution in [0.4, 0.5) is 0 Å². The van der Waals surface area contributed by atoms with Crippen LogP contribution in [0.3, 0.4) is 0 Å². The third kappa shape index (κ3) is 5.84. The van der Waals surface area contributed by atoms with Crippen LogP contribution < -0.4 is 0 Å². The van der Waals surface area contributed by atoms with Gasteiger partial charge in [0.15, 0.2) is 6.39 Å². The summed E-state index contributed by atoms with van der Waals surface area (Å²) in [7, 11) is 0. The van der Waals surface area contributed by atoms with Crippen molar-refractivity contribution in [1.82, 2.24) is 4.98 Å². The minimum atomic E-state index is -0.742. The fourth-order valence-corrected chi connectivity index (χ4v) is 1.23. The molecule has 4 heteroatoms. The van der Waals surface area contributed by atoms with Crippen molar-refractivity contribution in [2.75, 3.05) is 0 Å². The van der Waals surface area contributed by atoms with Crippen LogP contribution >= 0.6 is 0 Å². The molecule has 96 valence electrons. The SMILES string of the molecule is CC(CC/C=C/C=C/C=C/c1cnco1)C(=O)O. The van der Waals surface area contributed by atoms with Gasteiger partial charge < -0.3 is 9.52 Å². The average Bonchev–Trinajstić information content (AvgIpc) is 2.85. The summed E-state index contributed by atoms with van der Waals surface area (Å²) in [6.07, 6.45) is 15.7. The predicted molar refractivity (Wildman–Crippen MR) is 69.9 cm³/mol. The van der Waals surface area contributed by atoms with Gasteiger partial charge in [-0.2, -0.15) is 0 Å². The molecule has 0 saturated heterocycles. The zero-order valence-electron chi connectivity index (χ0n) is 10.3. The number of hydrogen-bond acceptors (Lipinski definition) is 3. The van der Waals surface area contributed by atoms with Crippen LogP contribution in [0.5, 0.6) is 0 Å². The van der Waals surface area contributed by atoms with Crippen LogP contribution in [0.25, 0.3) is 6.08 Å². The van der Waals surface area contributed by atoms with E-state index in [-0.39, 0.29) is 5.92 Å². The Bertz CT molecular complexity index is 430. The summed E-state index contributed by atoms with van der Waals surface area (Å²) < 4.78 is 5.02. The summed E-state index contributed by atoms with van der Waals surface area (Å²) >= 11 is 0. The Labute approximate surface area is 106 Å². The van der Waals surface area contributed by atoms with Crippen molar-refractivity contribution in [3.8, 4) is 0 Å². The molecule has 0 aliphatic carbocycles. The van der Waals surface area contributed by atoms with Gasteiger partial charge in [0.05, 0.1) is 12.1 Å². The van der Waals surface area contributed by atoms with Crippen molar-refractivity contribution in [2.45, 2.75) is 19.8 Å². The fourth-order valence-electron chi connectivity index (χ4n) is 1.23. The smallest absolute Gasteiger partial charge is 0.306 e. The van der Waals surface area contributed by atoms with Crippen LogP contribution in [0.1, 0.15) is 25.5 Å². The first-order chi connectivity index (χ1) is 8.70. The maximum Gasteiger partial charge on any atom is 0.306 e. The number of carboxylic acid groups (broad SMARTS) is 1. The van der Waals surface area contributed by atoms with Gasteiger partial charge in [-0.15, -0.1) is 0 Å². The average molecular weight is 247 g/mol. The lowest BCUT2D eigenvalue weighted by atomic mass is 10.1. The summed E-state index contributed by atoms with van der Waals surface area (Å²) in [6, 6.07) is 0. The van der Waals surface area contributed by atoms with Crippen molar-refractivity contribution in [3.63, 3.8) is 0 Å². The first-order valence-electron chi connectivity index (χ1n) is 5.81. The van der Waals surface area contributed by atoms with Crippen molar-refractivity contribution in [2.24, 2.45) is 5.92 Å². The van der Waals surface area contributed by atoms with E-state index in [1.165, 1.54) is 6.39 Å². The van der Waals surface area contributed by atoms with Crippen LogP contribution in [-0.4, -0.2) is 16.1 Å². The maximum atomic E-state index is 10.6. The summed E-state index contributed by atoms with van der Waals surface area (Å²) in [5, 5.41) is 8.68. The second-order valence-electron chi connectivity index (χ2n) is 3.89. The molecule has 0 radical (unpaired) electrons. The van der Waals surface area contributed by atoms with Crippen molar-refractivity contribution in [3.05, 3.63) is 48.7 Å². The second-order valence-corrected chi connectivity index (χ2v) is 3.89. The molecule has 0 aromatic carbocycles. The molecule has 1 unspecified atom stereocenters. The monoisotopic (exact) mass is 247 g/mol. The van der Waals surface area contributed by atoms with E-state index in [1.807, 2.05) is 36.5 Å². The molecule has 18 heavy (non-hydrogen) atoms. The molecule has 1 N–H and O–H groups in total. The molecule has 0 amide bonds. The van der Waals surface area contributed by atoms with Gasteiger partial charge >= 0.3 is 5.97 Å².